The van der Waals surface area contributed by atoms with E-state index in [0.29, 0.717) is 16.9 Å². The Balaban J connectivity index is 1.82. The lowest BCUT2D eigenvalue weighted by Gasteiger charge is -2.16. The topological polar surface area (TPSA) is 52.6 Å². The third-order valence-electron chi connectivity index (χ3n) is 4.17. The van der Waals surface area contributed by atoms with Gasteiger partial charge in [-0.3, -0.25) is 4.79 Å². The molecule has 0 N–H and O–H groups in total. The normalized spacial score (nSPS) is 11.8. The lowest BCUT2D eigenvalue weighted by molar-refractivity contribution is -0.141. The minimum Gasteiger partial charge on any atom is -0.496 e. The summed E-state index contributed by atoms with van der Waals surface area (Å²) in [6.45, 7) is 0. The van der Waals surface area contributed by atoms with Crippen LogP contribution in [0.25, 0.3) is 6.08 Å². The lowest BCUT2D eigenvalue weighted by Crippen LogP contribution is -2.19. The predicted octanol–water partition coefficient (Wildman–Crippen LogP) is 4.88. The van der Waals surface area contributed by atoms with Crippen molar-refractivity contribution in [3.8, 4) is 5.75 Å². The lowest BCUT2D eigenvalue weighted by atomic mass is 10.00. The van der Waals surface area contributed by atoms with Gasteiger partial charge in [0.05, 0.1) is 7.11 Å². The van der Waals surface area contributed by atoms with Gasteiger partial charge < -0.3 is 9.47 Å². The maximum atomic E-state index is 12.9. The highest BCUT2D eigenvalue weighted by Crippen LogP contribution is 2.24. The number of rotatable bonds is 7. The molecule has 28 heavy (non-hydrogen) atoms. The zero-order valence-electron chi connectivity index (χ0n) is 15.4. The van der Waals surface area contributed by atoms with Crippen molar-refractivity contribution < 1.29 is 19.1 Å². The van der Waals surface area contributed by atoms with Crippen LogP contribution in [0, 0.1) is 0 Å². The second kappa shape index (κ2) is 9.33. The molecule has 3 rings (SSSR count). The maximum Gasteiger partial charge on any atom is 0.331 e. The van der Waals surface area contributed by atoms with Crippen LogP contribution in [0.5, 0.6) is 5.75 Å². The first-order chi connectivity index (χ1) is 13.7. The molecule has 0 aliphatic heterocycles. The minimum atomic E-state index is -1.02. The Bertz CT molecular complexity index is 962. The van der Waals surface area contributed by atoms with Gasteiger partial charge in [0, 0.05) is 22.8 Å². The number of para-hydroxylation sites is 1. The second-order valence-corrected chi connectivity index (χ2v) is 6.03. The van der Waals surface area contributed by atoms with Crippen LogP contribution in [-0.2, 0) is 9.53 Å². The van der Waals surface area contributed by atoms with E-state index in [1.165, 1.54) is 6.08 Å². The number of ketones is 1. The summed E-state index contributed by atoms with van der Waals surface area (Å²) in [5.41, 5.74) is 1.85. The first-order valence-corrected chi connectivity index (χ1v) is 8.85. The molecule has 3 aromatic rings. The third-order valence-corrected chi connectivity index (χ3v) is 4.17. The van der Waals surface area contributed by atoms with Gasteiger partial charge in [-0.1, -0.05) is 78.9 Å². The highest BCUT2D eigenvalue weighted by atomic mass is 16.5. The Morgan fingerprint density at radius 2 is 1.43 bits per heavy atom. The molecule has 4 nitrogen and oxygen atoms in total. The van der Waals surface area contributed by atoms with Crippen molar-refractivity contribution in [3.05, 3.63) is 108 Å². The van der Waals surface area contributed by atoms with Crippen LogP contribution in [0.2, 0.25) is 0 Å². The van der Waals surface area contributed by atoms with Gasteiger partial charge in [-0.25, -0.2) is 4.79 Å². The number of benzene rings is 3. The Morgan fingerprint density at radius 1 is 0.821 bits per heavy atom. The Hall–Kier alpha value is -3.66. The molecule has 1 atom stereocenters. The van der Waals surface area contributed by atoms with Crippen molar-refractivity contribution in [2.24, 2.45) is 0 Å². The van der Waals surface area contributed by atoms with Gasteiger partial charge in [0.2, 0.25) is 5.78 Å². The molecule has 0 spiro atoms. The molecule has 0 aliphatic carbocycles. The van der Waals surface area contributed by atoms with Crippen molar-refractivity contribution in [2.75, 3.05) is 7.11 Å². The number of methoxy groups -OCH3 is 1. The predicted molar refractivity (Wildman–Crippen MR) is 108 cm³/mol. The van der Waals surface area contributed by atoms with E-state index in [9.17, 15) is 9.59 Å². The Morgan fingerprint density at radius 3 is 2.11 bits per heavy atom. The van der Waals surface area contributed by atoms with E-state index in [-0.39, 0.29) is 5.78 Å². The van der Waals surface area contributed by atoms with E-state index in [2.05, 4.69) is 0 Å². The quantitative estimate of drug-likeness (QED) is 0.337. The molecular weight excluding hydrogens is 352 g/mol. The van der Waals surface area contributed by atoms with E-state index in [0.717, 1.165) is 5.56 Å². The van der Waals surface area contributed by atoms with Gasteiger partial charge in [-0.2, -0.15) is 0 Å². The molecule has 0 radical (unpaired) electrons. The standard InChI is InChI=1S/C24H20O4/c1-27-21-15-9-8-10-18(21)16-17-22(25)28-24(20-13-6-3-7-14-20)23(26)19-11-4-2-5-12-19/h2-17,24H,1H3/b17-16+. The molecule has 0 amide bonds. The van der Waals surface area contributed by atoms with Crippen LogP contribution in [0.4, 0.5) is 0 Å². The van der Waals surface area contributed by atoms with Gasteiger partial charge in [0.25, 0.3) is 0 Å². The average Bonchev–Trinajstić information content (AvgIpc) is 2.77. The van der Waals surface area contributed by atoms with Gasteiger partial charge in [0.15, 0.2) is 6.10 Å². The van der Waals surface area contributed by atoms with E-state index in [4.69, 9.17) is 9.47 Å². The van der Waals surface area contributed by atoms with Crippen LogP contribution in [0.15, 0.2) is 91.0 Å². The van der Waals surface area contributed by atoms with E-state index in [1.54, 1.807) is 67.8 Å². The number of hydrogen-bond donors (Lipinski definition) is 0. The molecule has 0 aliphatic rings. The summed E-state index contributed by atoms with van der Waals surface area (Å²) in [6, 6.07) is 25.1. The molecule has 1 unspecified atom stereocenters. The largest absolute Gasteiger partial charge is 0.496 e. The maximum absolute atomic E-state index is 12.9. The fourth-order valence-corrected chi connectivity index (χ4v) is 2.77. The number of Topliss-reactive ketones (excluding diaryl/α,β-unsaturated/α-hetero) is 1. The highest BCUT2D eigenvalue weighted by molar-refractivity contribution is 6.01. The molecule has 0 aromatic heterocycles. The molecule has 0 heterocycles. The summed E-state index contributed by atoms with van der Waals surface area (Å²) in [5, 5.41) is 0. The summed E-state index contributed by atoms with van der Waals surface area (Å²) < 4.78 is 10.8. The zero-order chi connectivity index (χ0) is 19.8. The number of carbonyl (C=O) groups is 2. The monoisotopic (exact) mass is 372 g/mol. The van der Waals surface area contributed by atoms with E-state index >= 15 is 0 Å². The van der Waals surface area contributed by atoms with Crippen molar-refractivity contribution in [3.63, 3.8) is 0 Å². The number of esters is 1. The molecule has 140 valence electrons. The SMILES string of the molecule is COc1ccccc1/C=C/C(=O)OC(C(=O)c1ccccc1)c1ccccc1. The smallest absolute Gasteiger partial charge is 0.331 e. The van der Waals surface area contributed by atoms with Crippen molar-refractivity contribution in [1.82, 2.24) is 0 Å². The van der Waals surface area contributed by atoms with Gasteiger partial charge in [0.1, 0.15) is 5.75 Å². The fraction of sp³-hybridized carbons (Fsp3) is 0.0833. The van der Waals surface area contributed by atoms with Gasteiger partial charge >= 0.3 is 5.97 Å². The summed E-state index contributed by atoms with van der Waals surface area (Å²) >= 11 is 0. The molecule has 4 heteroatoms. The number of hydrogen-bond acceptors (Lipinski definition) is 4. The van der Waals surface area contributed by atoms with Crippen LogP contribution in [-0.4, -0.2) is 18.9 Å². The third kappa shape index (κ3) is 4.74. The van der Waals surface area contributed by atoms with Gasteiger partial charge in [-0.05, 0) is 12.1 Å². The van der Waals surface area contributed by atoms with Crippen LogP contribution in [0.3, 0.4) is 0 Å². The van der Waals surface area contributed by atoms with Crippen molar-refractivity contribution >= 4 is 17.8 Å². The summed E-state index contributed by atoms with van der Waals surface area (Å²) in [6.07, 6.45) is 1.89. The molecule has 0 saturated carbocycles. The molecule has 3 aromatic carbocycles. The fourth-order valence-electron chi connectivity index (χ4n) is 2.77. The average molecular weight is 372 g/mol. The molecule has 0 fully saturated rings. The summed E-state index contributed by atoms with van der Waals surface area (Å²) in [4.78, 5) is 25.4. The Labute approximate surface area is 164 Å². The summed E-state index contributed by atoms with van der Waals surface area (Å²) in [7, 11) is 1.56. The number of carbonyl (C=O) groups excluding carboxylic acids is 2. The second-order valence-electron chi connectivity index (χ2n) is 6.03. The molecule has 0 saturated heterocycles. The van der Waals surface area contributed by atoms with Crippen LogP contribution < -0.4 is 4.74 Å². The minimum absolute atomic E-state index is 0.272. The van der Waals surface area contributed by atoms with Crippen molar-refractivity contribution in [2.45, 2.75) is 6.10 Å². The van der Waals surface area contributed by atoms with Crippen LogP contribution >= 0.6 is 0 Å². The molecular formula is C24H20O4. The summed E-state index contributed by atoms with van der Waals surface area (Å²) in [5.74, 6) is -0.235. The van der Waals surface area contributed by atoms with E-state index < -0.39 is 12.1 Å². The zero-order valence-corrected chi connectivity index (χ0v) is 15.4. The first kappa shape index (κ1) is 19.1. The Kier molecular flexibility index (Phi) is 6.37. The first-order valence-electron chi connectivity index (χ1n) is 8.85. The number of ether oxygens (including phenoxy) is 2. The van der Waals surface area contributed by atoms with Gasteiger partial charge in [-0.15, -0.1) is 0 Å². The van der Waals surface area contributed by atoms with E-state index in [1.807, 2.05) is 30.3 Å². The molecule has 0 bridgehead atoms. The highest BCUT2D eigenvalue weighted by Gasteiger charge is 2.25. The van der Waals surface area contributed by atoms with Crippen molar-refractivity contribution in [1.29, 1.82) is 0 Å². The van der Waals surface area contributed by atoms with Crippen LogP contribution in [0.1, 0.15) is 27.6 Å².